The van der Waals surface area contributed by atoms with Gasteiger partial charge in [-0.15, -0.1) is 0 Å². The Balaban J connectivity index is 2.71. The molecule has 1 rings (SSSR count). The SMILES string of the molecule is CCNCC(N)c1ccc(OCC)c(C)c1. The van der Waals surface area contributed by atoms with Gasteiger partial charge < -0.3 is 15.8 Å². The summed E-state index contributed by atoms with van der Waals surface area (Å²) in [6.07, 6.45) is 0. The van der Waals surface area contributed by atoms with Crippen LogP contribution in [0.25, 0.3) is 0 Å². The molecule has 0 radical (unpaired) electrons. The van der Waals surface area contributed by atoms with Crippen molar-refractivity contribution >= 4 is 0 Å². The zero-order chi connectivity index (χ0) is 12.0. The highest BCUT2D eigenvalue weighted by Crippen LogP contribution is 2.21. The maximum atomic E-state index is 6.07. The van der Waals surface area contributed by atoms with E-state index in [0.717, 1.165) is 30.0 Å². The van der Waals surface area contributed by atoms with Crippen LogP contribution in [0.15, 0.2) is 18.2 Å². The third kappa shape index (κ3) is 3.51. The molecule has 0 aliphatic carbocycles. The van der Waals surface area contributed by atoms with Gasteiger partial charge in [-0.2, -0.15) is 0 Å². The second-order valence-electron chi connectivity index (χ2n) is 3.87. The largest absolute Gasteiger partial charge is 0.494 e. The van der Waals surface area contributed by atoms with Crippen molar-refractivity contribution in [3.05, 3.63) is 29.3 Å². The van der Waals surface area contributed by atoms with Crippen LogP contribution in [0.2, 0.25) is 0 Å². The van der Waals surface area contributed by atoms with Crippen LogP contribution in [0, 0.1) is 6.92 Å². The Morgan fingerprint density at radius 1 is 1.38 bits per heavy atom. The van der Waals surface area contributed by atoms with Crippen LogP contribution in [0.3, 0.4) is 0 Å². The summed E-state index contributed by atoms with van der Waals surface area (Å²) >= 11 is 0. The number of hydrogen-bond donors (Lipinski definition) is 2. The number of nitrogens with two attached hydrogens (primary N) is 1. The molecule has 0 saturated carbocycles. The van der Waals surface area contributed by atoms with Crippen LogP contribution < -0.4 is 15.8 Å². The fourth-order valence-electron chi connectivity index (χ4n) is 1.64. The van der Waals surface area contributed by atoms with E-state index in [1.54, 1.807) is 0 Å². The minimum Gasteiger partial charge on any atom is -0.494 e. The van der Waals surface area contributed by atoms with Gasteiger partial charge >= 0.3 is 0 Å². The predicted octanol–water partition coefficient (Wildman–Crippen LogP) is 2.00. The van der Waals surface area contributed by atoms with Crippen molar-refractivity contribution in [1.29, 1.82) is 0 Å². The predicted molar refractivity (Wildman–Crippen MR) is 67.8 cm³/mol. The van der Waals surface area contributed by atoms with E-state index in [0.29, 0.717) is 6.61 Å². The number of likely N-dealkylation sites (N-methyl/N-ethyl adjacent to an activating group) is 1. The molecule has 0 spiro atoms. The zero-order valence-electron chi connectivity index (χ0n) is 10.4. The minimum absolute atomic E-state index is 0.0503. The average molecular weight is 222 g/mol. The summed E-state index contributed by atoms with van der Waals surface area (Å²) < 4.78 is 5.50. The van der Waals surface area contributed by atoms with Crippen molar-refractivity contribution in [2.24, 2.45) is 5.73 Å². The first-order valence-corrected chi connectivity index (χ1v) is 5.88. The molecule has 0 bridgehead atoms. The molecule has 1 aromatic carbocycles. The summed E-state index contributed by atoms with van der Waals surface area (Å²) in [6.45, 7) is 8.58. The number of aryl methyl sites for hydroxylation is 1. The Kier molecular flexibility index (Phi) is 5.29. The molecule has 0 aliphatic heterocycles. The third-order valence-corrected chi connectivity index (χ3v) is 2.54. The molecular weight excluding hydrogens is 200 g/mol. The summed E-state index contributed by atoms with van der Waals surface area (Å²) in [4.78, 5) is 0. The fraction of sp³-hybridized carbons (Fsp3) is 0.538. The van der Waals surface area contributed by atoms with Gasteiger partial charge in [-0.25, -0.2) is 0 Å². The highest BCUT2D eigenvalue weighted by molar-refractivity contribution is 5.37. The molecule has 3 heteroatoms. The van der Waals surface area contributed by atoms with E-state index in [4.69, 9.17) is 10.5 Å². The van der Waals surface area contributed by atoms with Crippen molar-refractivity contribution in [2.45, 2.75) is 26.8 Å². The Labute approximate surface area is 98.0 Å². The van der Waals surface area contributed by atoms with Gasteiger partial charge in [0.2, 0.25) is 0 Å². The first-order valence-electron chi connectivity index (χ1n) is 5.88. The first kappa shape index (κ1) is 13.0. The van der Waals surface area contributed by atoms with Gasteiger partial charge in [0.25, 0.3) is 0 Å². The van der Waals surface area contributed by atoms with Crippen molar-refractivity contribution in [3.8, 4) is 5.75 Å². The van der Waals surface area contributed by atoms with E-state index in [-0.39, 0.29) is 6.04 Å². The Morgan fingerprint density at radius 3 is 2.69 bits per heavy atom. The van der Waals surface area contributed by atoms with Gasteiger partial charge in [0.15, 0.2) is 0 Å². The molecule has 0 heterocycles. The van der Waals surface area contributed by atoms with Crippen molar-refractivity contribution in [1.82, 2.24) is 5.32 Å². The van der Waals surface area contributed by atoms with Gasteiger partial charge in [0.1, 0.15) is 5.75 Å². The van der Waals surface area contributed by atoms with E-state index in [9.17, 15) is 0 Å². The highest BCUT2D eigenvalue weighted by Gasteiger charge is 2.07. The van der Waals surface area contributed by atoms with E-state index < -0.39 is 0 Å². The second kappa shape index (κ2) is 6.51. The zero-order valence-corrected chi connectivity index (χ0v) is 10.4. The molecule has 1 unspecified atom stereocenters. The molecule has 90 valence electrons. The maximum absolute atomic E-state index is 6.07. The molecule has 0 fully saturated rings. The van der Waals surface area contributed by atoms with Crippen LogP contribution in [0.5, 0.6) is 5.75 Å². The molecule has 1 aromatic rings. The monoisotopic (exact) mass is 222 g/mol. The molecule has 0 saturated heterocycles. The summed E-state index contributed by atoms with van der Waals surface area (Å²) in [7, 11) is 0. The van der Waals surface area contributed by atoms with Gasteiger partial charge in [0, 0.05) is 12.6 Å². The lowest BCUT2D eigenvalue weighted by atomic mass is 10.0. The Hall–Kier alpha value is -1.06. The van der Waals surface area contributed by atoms with Crippen molar-refractivity contribution in [3.63, 3.8) is 0 Å². The lowest BCUT2D eigenvalue weighted by Crippen LogP contribution is -2.26. The maximum Gasteiger partial charge on any atom is 0.122 e. The highest BCUT2D eigenvalue weighted by atomic mass is 16.5. The summed E-state index contributed by atoms with van der Waals surface area (Å²) in [5.74, 6) is 0.946. The molecular formula is C13H22N2O. The third-order valence-electron chi connectivity index (χ3n) is 2.54. The Bertz CT molecular complexity index is 326. The van der Waals surface area contributed by atoms with Crippen molar-refractivity contribution in [2.75, 3.05) is 19.7 Å². The van der Waals surface area contributed by atoms with Crippen LogP contribution in [0.4, 0.5) is 0 Å². The van der Waals surface area contributed by atoms with Gasteiger partial charge in [0.05, 0.1) is 6.61 Å². The van der Waals surface area contributed by atoms with Crippen LogP contribution in [-0.4, -0.2) is 19.7 Å². The number of rotatable bonds is 6. The van der Waals surface area contributed by atoms with E-state index in [1.807, 2.05) is 19.1 Å². The molecule has 0 amide bonds. The average Bonchev–Trinajstić information content (AvgIpc) is 2.29. The molecule has 3 nitrogen and oxygen atoms in total. The lowest BCUT2D eigenvalue weighted by molar-refractivity contribution is 0.337. The molecule has 3 N–H and O–H groups in total. The Morgan fingerprint density at radius 2 is 2.12 bits per heavy atom. The summed E-state index contributed by atoms with van der Waals surface area (Å²) in [5, 5.41) is 3.25. The standard InChI is InChI=1S/C13H22N2O/c1-4-15-9-12(14)11-6-7-13(16-5-2)10(3)8-11/h6-8,12,15H,4-5,9,14H2,1-3H3. The molecule has 0 aromatic heterocycles. The second-order valence-corrected chi connectivity index (χ2v) is 3.87. The number of benzene rings is 1. The van der Waals surface area contributed by atoms with Crippen molar-refractivity contribution < 1.29 is 4.74 Å². The lowest BCUT2D eigenvalue weighted by Gasteiger charge is -2.15. The first-order chi connectivity index (χ1) is 7.69. The fourth-order valence-corrected chi connectivity index (χ4v) is 1.64. The number of ether oxygens (including phenoxy) is 1. The van der Waals surface area contributed by atoms with Gasteiger partial charge in [-0.3, -0.25) is 0 Å². The van der Waals surface area contributed by atoms with E-state index in [1.165, 1.54) is 0 Å². The smallest absolute Gasteiger partial charge is 0.122 e. The van der Waals surface area contributed by atoms with Gasteiger partial charge in [-0.1, -0.05) is 19.1 Å². The normalized spacial score (nSPS) is 12.5. The molecule has 16 heavy (non-hydrogen) atoms. The van der Waals surface area contributed by atoms with Gasteiger partial charge in [-0.05, 0) is 37.6 Å². The van der Waals surface area contributed by atoms with Crippen LogP contribution in [0.1, 0.15) is 31.0 Å². The minimum atomic E-state index is 0.0503. The number of hydrogen-bond acceptors (Lipinski definition) is 3. The van der Waals surface area contributed by atoms with Crippen LogP contribution in [-0.2, 0) is 0 Å². The number of nitrogens with one attached hydrogen (secondary N) is 1. The summed E-state index contributed by atoms with van der Waals surface area (Å²) in [5.41, 5.74) is 8.37. The molecule has 1 atom stereocenters. The van der Waals surface area contributed by atoms with E-state index in [2.05, 4.69) is 25.2 Å². The molecule has 0 aliphatic rings. The van der Waals surface area contributed by atoms with Crippen LogP contribution >= 0.6 is 0 Å². The quantitative estimate of drug-likeness (QED) is 0.774. The topological polar surface area (TPSA) is 47.3 Å². The summed E-state index contributed by atoms with van der Waals surface area (Å²) in [6, 6.07) is 6.20. The van der Waals surface area contributed by atoms with E-state index >= 15 is 0 Å².